The van der Waals surface area contributed by atoms with Crippen molar-refractivity contribution in [3.63, 3.8) is 0 Å². The molecular formula is C17H28O4Si. The minimum Gasteiger partial charge on any atom is -0.543 e. The third kappa shape index (κ3) is 3.63. The number of benzene rings is 1. The van der Waals surface area contributed by atoms with Crippen LogP contribution in [-0.2, 0) is 0 Å². The molecule has 0 spiro atoms. The largest absolute Gasteiger partial charge is 0.543 e. The van der Waals surface area contributed by atoms with Crippen molar-refractivity contribution in [2.45, 2.75) is 59.7 Å². The van der Waals surface area contributed by atoms with E-state index in [-0.39, 0.29) is 10.6 Å². The Bertz CT molecular complexity index is 571. The van der Waals surface area contributed by atoms with Crippen LogP contribution in [0.25, 0.3) is 0 Å². The molecule has 0 bridgehead atoms. The van der Waals surface area contributed by atoms with Crippen molar-refractivity contribution in [2.75, 3.05) is 6.61 Å². The molecule has 1 rings (SSSR count). The summed E-state index contributed by atoms with van der Waals surface area (Å²) in [5.74, 6) is 0.258. The number of aromatic carboxylic acids is 1. The predicted molar refractivity (Wildman–Crippen MR) is 91.9 cm³/mol. The smallest absolute Gasteiger partial charge is 0.336 e. The van der Waals surface area contributed by atoms with Crippen molar-refractivity contribution in [2.24, 2.45) is 0 Å². The SMILES string of the molecule is CCOc1cc(O[Si](C)(C)C(C)(C)C)c(C)c(C(=O)O)c1C. The van der Waals surface area contributed by atoms with Crippen LogP contribution in [0.5, 0.6) is 11.5 Å². The summed E-state index contributed by atoms with van der Waals surface area (Å²) in [7, 11) is -2.05. The van der Waals surface area contributed by atoms with Gasteiger partial charge in [0.15, 0.2) is 0 Å². The van der Waals surface area contributed by atoms with Crippen LogP contribution in [-0.4, -0.2) is 26.0 Å². The Hall–Kier alpha value is -1.49. The molecule has 22 heavy (non-hydrogen) atoms. The standard InChI is InChI=1S/C17H28O4Si/c1-9-20-13-10-14(21-22(7,8)17(4,5)6)12(3)15(11(13)2)16(18)19/h10H,9H2,1-8H3,(H,18,19). The van der Waals surface area contributed by atoms with Crippen molar-refractivity contribution in [1.82, 2.24) is 0 Å². The Morgan fingerprint density at radius 3 is 2.09 bits per heavy atom. The van der Waals surface area contributed by atoms with Gasteiger partial charge in [-0.1, -0.05) is 20.8 Å². The third-order valence-electron chi connectivity index (χ3n) is 4.44. The van der Waals surface area contributed by atoms with E-state index in [0.717, 1.165) is 0 Å². The van der Waals surface area contributed by atoms with E-state index < -0.39 is 14.3 Å². The Kier molecular flexibility index (Phi) is 5.33. The summed E-state index contributed by atoms with van der Waals surface area (Å²) in [5.41, 5.74) is 1.59. The summed E-state index contributed by atoms with van der Waals surface area (Å²) in [5, 5.41) is 9.56. The van der Waals surface area contributed by atoms with Crippen LogP contribution >= 0.6 is 0 Å². The fourth-order valence-corrected chi connectivity index (χ4v) is 3.09. The monoisotopic (exact) mass is 324 g/mol. The van der Waals surface area contributed by atoms with Crippen LogP contribution in [0.3, 0.4) is 0 Å². The molecule has 124 valence electrons. The zero-order valence-electron chi connectivity index (χ0n) is 15.0. The van der Waals surface area contributed by atoms with E-state index in [0.29, 0.717) is 29.2 Å². The lowest BCUT2D eigenvalue weighted by Crippen LogP contribution is -2.44. The molecule has 0 saturated carbocycles. The molecule has 0 atom stereocenters. The van der Waals surface area contributed by atoms with Crippen LogP contribution in [0.15, 0.2) is 6.07 Å². The zero-order valence-corrected chi connectivity index (χ0v) is 16.0. The van der Waals surface area contributed by atoms with Crippen LogP contribution in [0.4, 0.5) is 0 Å². The van der Waals surface area contributed by atoms with Crippen LogP contribution in [0, 0.1) is 13.8 Å². The molecule has 4 nitrogen and oxygen atoms in total. The van der Waals surface area contributed by atoms with Crippen LogP contribution in [0.1, 0.15) is 49.2 Å². The van der Waals surface area contributed by atoms with Gasteiger partial charge in [0.1, 0.15) is 11.5 Å². The average Bonchev–Trinajstić information content (AvgIpc) is 2.33. The zero-order chi connectivity index (χ0) is 17.3. The number of carboxylic acids is 1. The van der Waals surface area contributed by atoms with Gasteiger partial charge in [-0.2, -0.15) is 0 Å². The van der Waals surface area contributed by atoms with Gasteiger partial charge in [-0.25, -0.2) is 4.79 Å². The van der Waals surface area contributed by atoms with Gasteiger partial charge in [0, 0.05) is 17.2 Å². The molecule has 0 heterocycles. The van der Waals surface area contributed by atoms with Gasteiger partial charge >= 0.3 is 5.97 Å². The van der Waals surface area contributed by atoms with Gasteiger partial charge in [-0.15, -0.1) is 0 Å². The molecule has 5 heteroatoms. The van der Waals surface area contributed by atoms with Crippen molar-refractivity contribution in [3.8, 4) is 11.5 Å². The summed E-state index contributed by atoms with van der Waals surface area (Å²) < 4.78 is 11.9. The van der Waals surface area contributed by atoms with Gasteiger partial charge in [0.05, 0.1) is 12.2 Å². The topological polar surface area (TPSA) is 55.8 Å². The van der Waals surface area contributed by atoms with Crippen molar-refractivity contribution >= 4 is 14.3 Å². The number of hydrogen-bond acceptors (Lipinski definition) is 3. The summed E-state index contributed by atoms with van der Waals surface area (Å²) >= 11 is 0. The van der Waals surface area contributed by atoms with Gasteiger partial charge in [0.25, 0.3) is 0 Å². The highest BCUT2D eigenvalue weighted by Crippen LogP contribution is 2.40. The maximum absolute atomic E-state index is 11.6. The molecule has 0 fully saturated rings. The third-order valence-corrected chi connectivity index (χ3v) is 8.78. The molecule has 1 aromatic carbocycles. The van der Waals surface area contributed by atoms with Crippen molar-refractivity contribution in [1.29, 1.82) is 0 Å². The second-order valence-corrected chi connectivity index (χ2v) is 11.8. The van der Waals surface area contributed by atoms with E-state index >= 15 is 0 Å². The maximum atomic E-state index is 11.6. The highest BCUT2D eigenvalue weighted by molar-refractivity contribution is 6.74. The summed E-state index contributed by atoms with van der Waals surface area (Å²) in [6.07, 6.45) is 0. The number of carboxylic acid groups (broad SMARTS) is 1. The lowest BCUT2D eigenvalue weighted by atomic mass is 10.0. The molecule has 0 aromatic heterocycles. The highest BCUT2D eigenvalue weighted by Gasteiger charge is 2.39. The van der Waals surface area contributed by atoms with E-state index in [2.05, 4.69) is 33.9 Å². The molecular weight excluding hydrogens is 296 g/mol. The molecule has 1 aromatic rings. The molecule has 0 radical (unpaired) electrons. The summed E-state index contributed by atoms with van der Waals surface area (Å²) in [6, 6.07) is 1.83. The lowest BCUT2D eigenvalue weighted by Gasteiger charge is -2.37. The van der Waals surface area contributed by atoms with E-state index in [1.807, 2.05) is 13.0 Å². The van der Waals surface area contributed by atoms with Gasteiger partial charge in [0.2, 0.25) is 8.32 Å². The van der Waals surface area contributed by atoms with Crippen molar-refractivity contribution in [3.05, 3.63) is 22.8 Å². The van der Waals surface area contributed by atoms with Crippen LogP contribution in [0.2, 0.25) is 18.1 Å². The first kappa shape index (κ1) is 18.6. The number of carbonyl (C=O) groups is 1. The number of hydrogen-bond donors (Lipinski definition) is 1. The molecule has 0 aliphatic carbocycles. The van der Waals surface area contributed by atoms with Gasteiger partial charge in [-0.05, 0) is 38.9 Å². The van der Waals surface area contributed by atoms with Crippen LogP contribution < -0.4 is 9.16 Å². The van der Waals surface area contributed by atoms with Crippen molar-refractivity contribution < 1.29 is 19.1 Å². The lowest BCUT2D eigenvalue weighted by molar-refractivity contribution is 0.0694. The number of ether oxygens (including phenoxy) is 1. The Balaban J connectivity index is 3.45. The highest BCUT2D eigenvalue weighted by atomic mass is 28.4. The normalized spacial score (nSPS) is 12.2. The molecule has 0 aliphatic rings. The molecule has 0 saturated heterocycles. The van der Waals surface area contributed by atoms with Gasteiger partial charge in [-0.3, -0.25) is 0 Å². The Morgan fingerprint density at radius 2 is 1.68 bits per heavy atom. The Morgan fingerprint density at radius 1 is 1.18 bits per heavy atom. The first-order valence-electron chi connectivity index (χ1n) is 7.61. The minimum absolute atomic E-state index is 0.0412. The van der Waals surface area contributed by atoms with E-state index in [1.54, 1.807) is 13.8 Å². The second kappa shape index (κ2) is 6.32. The fraction of sp³-hybridized carbons (Fsp3) is 0.588. The molecule has 0 unspecified atom stereocenters. The predicted octanol–water partition coefficient (Wildman–Crippen LogP) is 4.78. The molecule has 0 aliphatic heterocycles. The Labute approximate surface area is 134 Å². The minimum atomic E-state index is -2.05. The maximum Gasteiger partial charge on any atom is 0.336 e. The quantitative estimate of drug-likeness (QED) is 0.792. The van der Waals surface area contributed by atoms with E-state index in [1.165, 1.54) is 0 Å². The summed E-state index contributed by atoms with van der Waals surface area (Å²) in [4.78, 5) is 11.6. The molecule has 1 N–H and O–H groups in total. The first-order valence-corrected chi connectivity index (χ1v) is 10.5. The second-order valence-electron chi connectivity index (χ2n) is 7.10. The van der Waals surface area contributed by atoms with E-state index in [9.17, 15) is 9.90 Å². The number of rotatable bonds is 5. The fourth-order valence-electron chi connectivity index (χ4n) is 2.02. The summed E-state index contributed by atoms with van der Waals surface area (Å²) in [6.45, 7) is 16.7. The van der Waals surface area contributed by atoms with Gasteiger partial charge < -0.3 is 14.3 Å². The molecule has 0 amide bonds. The average molecular weight is 324 g/mol. The first-order chi connectivity index (χ1) is 9.92. The van der Waals surface area contributed by atoms with E-state index in [4.69, 9.17) is 9.16 Å².